The summed E-state index contributed by atoms with van der Waals surface area (Å²) >= 11 is 5.16. The van der Waals surface area contributed by atoms with Crippen molar-refractivity contribution in [2.24, 2.45) is 0 Å². The molecule has 0 radical (unpaired) electrons. The maximum Gasteiger partial charge on any atom is 0.335 e. The van der Waals surface area contributed by atoms with Crippen molar-refractivity contribution in [1.82, 2.24) is 5.32 Å². The molecule has 0 saturated carbocycles. The van der Waals surface area contributed by atoms with Gasteiger partial charge in [-0.2, -0.15) is 0 Å². The van der Waals surface area contributed by atoms with Gasteiger partial charge in [0.25, 0.3) is 5.91 Å². The SMILES string of the molecule is Cc1ccc(C(=O)O)cc1NC(=S)NC(=O)c1ccc(C(C)C)cc1. The molecule has 0 fully saturated rings. The highest BCUT2D eigenvalue weighted by Crippen LogP contribution is 2.17. The van der Waals surface area contributed by atoms with Crippen LogP contribution in [0, 0.1) is 6.92 Å². The number of carboxylic acid groups (broad SMARTS) is 1. The number of aromatic carboxylic acids is 1. The minimum absolute atomic E-state index is 0.114. The topological polar surface area (TPSA) is 78.4 Å². The number of carbonyl (C=O) groups is 2. The Balaban J connectivity index is 2.06. The van der Waals surface area contributed by atoms with Gasteiger partial charge < -0.3 is 10.4 Å². The number of nitrogens with one attached hydrogen (secondary N) is 2. The van der Waals surface area contributed by atoms with Gasteiger partial charge in [0.1, 0.15) is 0 Å². The van der Waals surface area contributed by atoms with E-state index in [4.69, 9.17) is 17.3 Å². The highest BCUT2D eigenvalue weighted by Gasteiger charge is 2.11. The summed E-state index contributed by atoms with van der Waals surface area (Å²) in [5.74, 6) is -0.951. The van der Waals surface area contributed by atoms with Gasteiger partial charge in [0, 0.05) is 11.3 Å². The predicted molar refractivity (Wildman–Crippen MR) is 102 cm³/mol. The van der Waals surface area contributed by atoms with Crippen molar-refractivity contribution in [3.63, 3.8) is 0 Å². The van der Waals surface area contributed by atoms with Gasteiger partial charge >= 0.3 is 5.97 Å². The van der Waals surface area contributed by atoms with E-state index in [-0.39, 0.29) is 16.6 Å². The number of carbonyl (C=O) groups excluding carboxylic acids is 1. The zero-order valence-corrected chi connectivity index (χ0v) is 15.1. The molecule has 0 heterocycles. The summed E-state index contributed by atoms with van der Waals surface area (Å²) < 4.78 is 0. The highest BCUT2D eigenvalue weighted by molar-refractivity contribution is 7.80. The average molecular weight is 356 g/mol. The normalized spacial score (nSPS) is 10.4. The molecule has 0 aromatic heterocycles. The van der Waals surface area contributed by atoms with Gasteiger partial charge in [-0.15, -0.1) is 0 Å². The molecule has 0 aliphatic carbocycles. The Hall–Kier alpha value is -2.73. The lowest BCUT2D eigenvalue weighted by atomic mass is 10.0. The van der Waals surface area contributed by atoms with Gasteiger partial charge in [-0.3, -0.25) is 10.1 Å². The first-order chi connectivity index (χ1) is 11.8. The van der Waals surface area contributed by atoms with Crippen molar-refractivity contribution in [2.75, 3.05) is 5.32 Å². The molecule has 0 saturated heterocycles. The zero-order chi connectivity index (χ0) is 18.6. The van der Waals surface area contributed by atoms with Crippen molar-refractivity contribution < 1.29 is 14.7 Å². The van der Waals surface area contributed by atoms with Gasteiger partial charge in [-0.1, -0.05) is 32.0 Å². The molecule has 6 heteroatoms. The molecule has 1 amide bonds. The van der Waals surface area contributed by atoms with Crippen molar-refractivity contribution >= 4 is 34.9 Å². The van der Waals surface area contributed by atoms with Gasteiger partial charge in [-0.25, -0.2) is 4.79 Å². The molecule has 2 aromatic rings. The first-order valence-electron chi connectivity index (χ1n) is 7.84. The maximum atomic E-state index is 12.3. The minimum atomic E-state index is -1.02. The predicted octanol–water partition coefficient (Wildman–Crippen LogP) is 3.94. The molecular weight excluding hydrogens is 336 g/mol. The van der Waals surface area contributed by atoms with Crippen molar-refractivity contribution in [3.8, 4) is 0 Å². The molecule has 0 unspecified atom stereocenters. The number of hydrogen-bond acceptors (Lipinski definition) is 3. The molecule has 2 aromatic carbocycles. The van der Waals surface area contributed by atoms with Crippen molar-refractivity contribution in [2.45, 2.75) is 26.7 Å². The molecule has 130 valence electrons. The lowest BCUT2D eigenvalue weighted by Gasteiger charge is -2.13. The Labute approximate surface area is 152 Å². The standard InChI is InChI=1S/C19H20N2O3S/c1-11(2)13-6-8-14(9-7-13)17(22)21-19(25)20-16-10-15(18(23)24)5-4-12(16)3/h4-11H,1-3H3,(H,23,24)(H2,20,21,22,25). The van der Waals surface area contributed by atoms with E-state index in [1.807, 2.05) is 19.1 Å². The van der Waals surface area contributed by atoms with Crippen LogP contribution in [0.5, 0.6) is 0 Å². The number of thiocarbonyl (C=S) groups is 1. The quantitative estimate of drug-likeness (QED) is 0.723. The summed E-state index contributed by atoms with van der Waals surface area (Å²) in [5, 5.41) is 14.6. The summed E-state index contributed by atoms with van der Waals surface area (Å²) in [6.07, 6.45) is 0. The summed E-state index contributed by atoms with van der Waals surface area (Å²) in [7, 11) is 0. The third-order valence-electron chi connectivity index (χ3n) is 3.80. The Morgan fingerprint density at radius 1 is 1.04 bits per heavy atom. The molecule has 25 heavy (non-hydrogen) atoms. The summed E-state index contributed by atoms with van der Waals surface area (Å²) in [6, 6.07) is 12.0. The molecule has 0 aliphatic heterocycles. The average Bonchev–Trinajstić information content (AvgIpc) is 2.56. The van der Waals surface area contributed by atoms with Gasteiger partial charge in [0.05, 0.1) is 5.56 Å². The highest BCUT2D eigenvalue weighted by atomic mass is 32.1. The molecule has 2 rings (SSSR count). The van der Waals surface area contributed by atoms with E-state index in [0.717, 1.165) is 11.1 Å². The fraction of sp³-hybridized carbons (Fsp3) is 0.211. The monoisotopic (exact) mass is 356 g/mol. The van der Waals surface area contributed by atoms with Gasteiger partial charge in [0.2, 0.25) is 0 Å². The number of benzene rings is 2. The number of aryl methyl sites for hydroxylation is 1. The van der Waals surface area contributed by atoms with E-state index in [9.17, 15) is 9.59 Å². The largest absolute Gasteiger partial charge is 0.478 e. The Kier molecular flexibility index (Phi) is 5.88. The summed E-state index contributed by atoms with van der Waals surface area (Å²) in [5.41, 5.74) is 3.16. The summed E-state index contributed by atoms with van der Waals surface area (Å²) in [6.45, 7) is 5.99. The van der Waals surface area contributed by atoms with E-state index in [0.29, 0.717) is 17.2 Å². The van der Waals surface area contributed by atoms with Crippen LogP contribution in [0.2, 0.25) is 0 Å². The van der Waals surface area contributed by atoms with Crippen LogP contribution in [0.1, 0.15) is 51.6 Å². The van der Waals surface area contributed by atoms with Crippen LogP contribution in [0.15, 0.2) is 42.5 Å². The molecule has 0 atom stereocenters. The lowest BCUT2D eigenvalue weighted by Crippen LogP contribution is -2.34. The Bertz CT molecular complexity index is 814. The third-order valence-corrected chi connectivity index (χ3v) is 4.00. The van der Waals surface area contributed by atoms with E-state index in [1.54, 1.807) is 18.2 Å². The van der Waals surface area contributed by atoms with Crippen LogP contribution in [0.3, 0.4) is 0 Å². The van der Waals surface area contributed by atoms with E-state index >= 15 is 0 Å². The van der Waals surface area contributed by atoms with Crippen LogP contribution in [0.4, 0.5) is 5.69 Å². The summed E-state index contributed by atoms with van der Waals surface area (Å²) in [4.78, 5) is 23.3. The van der Waals surface area contributed by atoms with Crippen LogP contribution in [0.25, 0.3) is 0 Å². The van der Waals surface area contributed by atoms with Crippen LogP contribution in [-0.2, 0) is 0 Å². The minimum Gasteiger partial charge on any atom is -0.478 e. The van der Waals surface area contributed by atoms with Crippen molar-refractivity contribution in [3.05, 3.63) is 64.7 Å². The molecule has 5 nitrogen and oxygen atoms in total. The maximum absolute atomic E-state index is 12.3. The lowest BCUT2D eigenvalue weighted by molar-refractivity contribution is 0.0696. The Morgan fingerprint density at radius 3 is 2.20 bits per heavy atom. The molecular formula is C19H20N2O3S. The van der Waals surface area contributed by atoms with Crippen molar-refractivity contribution in [1.29, 1.82) is 0 Å². The second-order valence-electron chi connectivity index (χ2n) is 6.02. The first kappa shape index (κ1) is 18.6. The number of carboxylic acids is 1. The number of hydrogen-bond donors (Lipinski definition) is 3. The first-order valence-corrected chi connectivity index (χ1v) is 8.25. The van der Waals surface area contributed by atoms with E-state index < -0.39 is 5.97 Å². The van der Waals surface area contributed by atoms with E-state index in [1.165, 1.54) is 12.1 Å². The molecule has 0 bridgehead atoms. The van der Waals surface area contributed by atoms with Crippen LogP contribution in [-0.4, -0.2) is 22.1 Å². The van der Waals surface area contributed by atoms with Crippen LogP contribution < -0.4 is 10.6 Å². The zero-order valence-electron chi connectivity index (χ0n) is 14.3. The second-order valence-corrected chi connectivity index (χ2v) is 6.43. The fourth-order valence-corrected chi connectivity index (χ4v) is 2.44. The fourth-order valence-electron chi connectivity index (χ4n) is 2.24. The number of amides is 1. The smallest absolute Gasteiger partial charge is 0.335 e. The number of anilines is 1. The van der Waals surface area contributed by atoms with E-state index in [2.05, 4.69) is 24.5 Å². The Morgan fingerprint density at radius 2 is 1.64 bits per heavy atom. The molecule has 0 spiro atoms. The molecule has 0 aliphatic rings. The van der Waals surface area contributed by atoms with Gasteiger partial charge in [0.15, 0.2) is 5.11 Å². The van der Waals surface area contributed by atoms with Crippen LogP contribution >= 0.6 is 12.2 Å². The van der Waals surface area contributed by atoms with Gasteiger partial charge in [-0.05, 0) is 60.5 Å². The third kappa shape index (κ3) is 4.87. The molecule has 3 N–H and O–H groups in total. The number of rotatable bonds is 4. The second kappa shape index (κ2) is 7.90.